The minimum Gasteiger partial charge on any atom is -0.480 e. The van der Waals surface area contributed by atoms with Crippen molar-refractivity contribution in [3.63, 3.8) is 0 Å². The fourth-order valence-electron chi connectivity index (χ4n) is 1.39. The number of halogens is 1. The van der Waals surface area contributed by atoms with Crippen LogP contribution in [0, 0.1) is 5.82 Å². The van der Waals surface area contributed by atoms with E-state index in [1.165, 1.54) is 19.1 Å². The summed E-state index contributed by atoms with van der Waals surface area (Å²) in [4.78, 5) is 10.8. The molecule has 0 radical (unpaired) electrons. The van der Waals surface area contributed by atoms with Crippen LogP contribution in [0.5, 0.6) is 0 Å². The van der Waals surface area contributed by atoms with Gasteiger partial charge >= 0.3 is 13.1 Å². The maximum atomic E-state index is 13.4. The average molecular weight is 241 g/mol. The van der Waals surface area contributed by atoms with Gasteiger partial charge in [-0.2, -0.15) is 0 Å². The smallest absolute Gasteiger partial charge is 0.480 e. The number of carboxylic acids is 1. The van der Waals surface area contributed by atoms with E-state index in [9.17, 15) is 9.18 Å². The van der Waals surface area contributed by atoms with Crippen molar-refractivity contribution in [2.24, 2.45) is 5.73 Å². The molecule has 0 saturated carbocycles. The van der Waals surface area contributed by atoms with E-state index >= 15 is 0 Å². The lowest BCUT2D eigenvalue weighted by Gasteiger charge is -2.19. The van der Waals surface area contributed by atoms with Crippen LogP contribution in [0.2, 0.25) is 0 Å². The first-order valence-electron chi connectivity index (χ1n) is 4.91. The van der Waals surface area contributed by atoms with Crippen molar-refractivity contribution in [2.45, 2.75) is 18.9 Å². The van der Waals surface area contributed by atoms with Crippen molar-refractivity contribution >= 4 is 18.6 Å². The zero-order valence-electron chi connectivity index (χ0n) is 9.22. The van der Waals surface area contributed by atoms with E-state index in [-0.39, 0.29) is 11.9 Å². The van der Waals surface area contributed by atoms with Crippen LogP contribution in [0.25, 0.3) is 0 Å². The molecule has 5 nitrogen and oxygen atoms in total. The Morgan fingerprint density at radius 2 is 2.12 bits per heavy atom. The molecule has 1 rings (SSSR count). The summed E-state index contributed by atoms with van der Waals surface area (Å²) in [5.74, 6) is -2.00. The van der Waals surface area contributed by atoms with Gasteiger partial charge in [0.25, 0.3) is 0 Å². The van der Waals surface area contributed by atoms with Crippen LogP contribution in [0.1, 0.15) is 12.5 Å². The molecule has 5 N–H and O–H groups in total. The van der Waals surface area contributed by atoms with Crippen molar-refractivity contribution in [2.75, 3.05) is 0 Å². The first-order valence-corrected chi connectivity index (χ1v) is 4.91. The average Bonchev–Trinajstić information content (AvgIpc) is 2.15. The van der Waals surface area contributed by atoms with Crippen LogP contribution in [0.3, 0.4) is 0 Å². The molecule has 7 heteroatoms. The van der Waals surface area contributed by atoms with E-state index < -0.39 is 24.4 Å². The Morgan fingerprint density at radius 1 is 1.53 bits per heavy atom. The van der Waals surface area contributed by atoms with E-state index in [0.29, 0.717) is 5.56 Å². The SMILES string of the molecule is C[C@](N)(Cc1ccc(B(O)O)c(F)c1)C(=O)O. The topological polar surface area (TPSA) is 104 Å². The Kier molecular flexibility index (Phi) is 3.87. The maximum absolute atomic E-state index is 13.4. The van der Waals surface area contributed by atoms with E-state index in [2.05, 4.69) is 0 Å². The zero-order valence-corrected chi connectivity index (χ0v) is 9.22. The Morgan fingerprint density at radius 3 is 2.53 bits per heavy atom. The van der Waals surface area contributed by atoms with Crippen molar-refractivity contribution in [1.29, 1.82) is 0 Å². The maximum Gasteiger partial charge on any atom is 0.491 e. The Balaban J connectivity index is 2.96. The summed E-state index contributed by atoms with van der Waals surface area (Å²) >= 11 is 0. The number of benzene rings is 1. The van der Waals surface area contributed by atoms with Crippen molar-refractivity contribution < 1.29 is 24.3 Å². The van der Waals surface area contributed by atoms with E-state index in [1.807, 2.05) is 0 Å². The highest BCUT2D eigenvalue weighted by molar-refractivity contribution is 6.58. The van der Waals surface area contributed by atoms with Gasteiger partial charge in [-0.1, -0.05) is 12.1 Å². The fraction of sp³-hybridized carbons (Fsp3) is 0.300. The molecule has 0 unspecified atom stereocenters. The number of rotatable bonds is 4. The van der Waals surface area contributed by atoms with E-state index in [4.69, 9.17) is 20.9 Å². The van der Waals surface area contributed by atoms with Gasteiger partial charge in [-0.25, -0.2) is 4.39 Å². The third-order valence-corrected chi connectivity index (χ3v) is 2.40. The zero-order chi connectivity index (χ0) is 13.2. The molecular formula is C10H13BFNO4. The van der Waals surface area contributed by atoms with Crippen LogP contribution >= 0.6 is 0 Å². The molecule has 92 valence electrons. The highest BCUT2D eigenvalue weighted by Crippen LogP contribution is 2.11. The first-order chi connectivity index (χ1) is 7.74. The molecule has 0 aliphatic carbocycles. The lowest BCUT2D eigenvalue weighted by atomic mass is 9.79. The molecule has 0 heterocycles. The molecule has 0 fully saturated rings. The second-order valence-electron chi connectivity index (χ2n) is 4.13. The molecular weight excluding hydrogens is 228 g/mol. The molecule has 1 aromatic rings. The van der Waals surface area contributed by atoms with Crippen molar-refractivity contribution in [3.05, 3.63) is 29.6 Å². The molecule has 1 atom stereocenters. The van der Waals surface area contributed by atoms with E-state index in [0.717, 1.165) is 6.07 Å². The predicted octanol–water partition coefficient (Wildman–Crippen LogP) is -1.15. The second kappa shape index (κ2) is 4.83. The monoisotopic (exact) mass is 241 g/mol. The summed E-state index contributed by atoms with van der Waals surface area (Å²) in [7, 11) is -1.90. The summed E-state index contributed by atoms with van der Waals surface area (Å²) in [6.07, 6.45) is -0.0545. The van der Waals surface area contributed by atoms with Crippen LogP contribution in [-0.4, -0.2) is 33.8 Å². The highest BCUT2D eigenvalue weighted by Gasteiger charge is 2.28. The fourth-order valence-corrected chi connectivity index (χ4v) is 1.39. The van der Waals surface area contributed by atoms with Gasteiger partial charge in [0.05, 0.1) is 0 Å². The quantitative estimate of drug-likeness (QED) is 0.498. The Bertz CT molecular complexity index is 436. The molecule has 0 spiro atoms. The van der Waals surface area contributed by atoms with Gasteiger partial charge in [-0.15, -0.1) is 0 Å². The van der Waals surface area contributed by atoms with Crippen molar-refractivity contribution in [3.8, 4) is 0 Å². The summed E-state index contributed by atoms with van der Waals surface area (Å²) in [5, 5.41) is 26.4. The molecule has 0 amide bonds. The lowest BCUT2D eigenvalue weighted by molar-refractivity contribution is -0.142. The van der Waals surface area contributed by atoms with Gasteiger partial charge in [0, 0.05) is 11.9 Å². The number of carboxylic acid groups (broad SMARTS) is 1. The highest BCUT2D eigenvalue weighted by atomic mass is 19.1. The van der Waals surface area contributed by atoms with Gasteiger partial charge in [-0.3, -0.25) is 4.79 Å². The predicted molar refractivity (Wildman–Crippen MR) is 60.2 cm³/mol. The normalized spacial score (nSPS) is 14.2. The van der Waals surface area contributed by atoms with Gasteiger partial charge < -0.3 is 20.9 Å². The second-order valence-corrected chi connectivity index (χ2v) is 4.13. The third-order valence-electron chi connectivity index (χ3n) is 2.40. The number of hydrogen-bond donors (Lipinski definition) is 4. The largest absolute Gasteiger partial charge is 0.491 e. The number of hydrogen-bond acceptors (Lipinski definition) is 4. The summed E-state index contributed by atoms with van der Waals surface area (Å²) in [5.41, 5.74) is 4.14. The molecule has 1 aromatic carbocycles. The molecule has 0 bridgehead atoms. The number of nitrogens with two attached hydrogens (primary N) is 1. The van der Waals surface area contributed by atoms with Gasteiger partial charge in [-0.05, 0) is 18.6 Å². The Hall–Kier alpha value is -1.44. The van der Waals surface area contributed by atoms with Crippen LogP contribution in [0.4, 0.5) is 4.39 Å². The summed E-state index contributed by atoms with van der Waals surface area (Å²) in [6, 6.07) is 3.64. The summed E-state index contributed by atoms with van der Waals surface area (Å²) < 4.78 is 13.4. The molecule has 0 aliphatic rings. The first kappa shape index (κ1) is 13.6. The number of aliphatic carboxylic acids is 1. The number of carbonyl (C=O) groups is 1. The summed E-state index contributed by atoms with van der Waals surface area (Å²) in [6.45, 7) is 1.32. The molecule has 0 aliphatic heterocycles. The molecule has 0 saturated heterocycles. The van der Waals surface area contributed by atoms with Gasteiger partial charge in [0.2, 0.25) is 0 Å². The van der Waals surface area contributed by atoms with Crippen LogP contribution in [-0.2, 0) is 11.2 Å². The standard InChI is InChI=1S/C10H13BFNO4/c1-10(13,9(14)15)5-6-2-3-7(11(16)17)8(12)4-6/h2-4,16-17H,5,13H2,1H3,(H,14,15)/t10-/m0/s1. The Labute approximate surface area is 97.8 Å². The van der Waals surface area contributed by atoms with Crippen LogP contribution in [0.15, 0.2) is 18.2 Å². The minimum absolute atomic E-state index is 0.0545. The van der Waals surface area contributed by atoms with Crippen molar-refractivity contribution in [1.82, 2.24) is 0 Å². The van der Waals surface area contributed by atoms with Gasteiger partial charge in [0.1, 0.15) is 11.4 Å². The van der Waals surface area contributed by atoms with Crippen LogP contribution < -0.4 is 11.2 Å². The van der Waals surface area contributed by atoms with E-state index in [1.54, 1.807) is 0 Å². The lowest BCUT2D eigenvalue weighted by Crippen LogP contribution is -2.47. The minimum atomic E-state index is -1.90. The third kappa shape index (κ3) is 3.26. The molecule has 17 heavy (non-hydrogen) atoms. The molecule has 0 aromatic heterocycles. The van der Waals surface area contributed by atoms with Gasteiger partial charge in [0.15, 0.2) is 0 Å².